The highest BCUT2D eigenvalue weighted by molar-refractivity contribution is 6.00. The molecule has 1 aromatic rings. The predicted molar refractivity (Wildman–Crippen MR) is 78.7 cm³/mol. The van der Waals surface area contributed by atoms with Gasteiger partial charge in [0, 0.05) is 13.1 Å². The summed E-state index contributed by atoms with van der Waals surface area (Å²) in [5, 5.41) is 11.7. The Balaban J connectivity index is 2.09. The summed E-state index contributed by atoms with van der Waals surface area (Å²) in [6.45, 7) is 0.664. The third-order valence-corrected chi connectivity index (χ3v) is 3.63. The fourth-order valence-corrected chi connectivity index (χ4v) is 2.44. The van der Waals surface area contributed by atoms with Crippen molar-refractivity contribution >= 4 is 23.7 Å². The molecule has 1 heterocycles. The maximum atomic E-state index is 12.3. The van der Waals surface area contributed by atoms with E-state index in [0.29, 0.717) is 25.1 Å². The predicted octanol–water partition coefficient (Wildman–Crippen LogP) is 1.80. The molecule has 2 amide bonds. The number of carboxylic acids is 1. The number of esters is 1. The number of nitrogens with one attached hydrogen (secondary N) is 1. The van der Waals surface area contributed by atoms with Gasteiger partial charge in [0.2, 0.25) is 0 Å². The Labute approximate surface area is 127 Å². The molecule has 0 spiro atoms. The number of hydrogen-bond acceptors (Lipinski definition) is 4. The molecule has 0 aliphatic carbocycles. The molecule has 1 saturated heterocycles. The molecular formula is C15H18N2O5. The Kier molecular flexibility index (Phi) is 4.98. The molecule has 0 saturated carbocycles. The Bertz CT molecular complexity index is 587. The molecule has 7 nitrogen and oxygen atoms in total. The van der Waals surface area contributed by atoms with Crippen molar-refractivity contribution in [2.45, 2.75) is 12.8 Å². The molecule has 2 rings (SSSR count). The standard InChI is InChI=1S/C15H18N2O5/c1-22-14(20)11-6-2-3-7-12(11)16-15(21)17-8-4-5-10(9-17)13(18)19/h2-3,6-7,10H,4-5,8-9H2,1H3,(H,16,21)(H,18,19). The molecule has 2 N–H and O–H groups in total. The second-order valence-electron chi connectivity index (χ2n) is 5.09. The molecule has 1 fully saturated rings. The van der Waals surface area contributed by atoms with E-state index >= 15 is 0 Å². The van der Waals surface area contributed by atoms with Crippen molar-refractivity contribution in [3.8, 4) is 0 Å². The number of carbonyl (C=O) groups excluding carboxylic acids is 2. The van der Waals surface area contributed by atoms with Gasteiger partial charge in [-0.1, -0.05) is 12.1 Å². The van der Waals surface area contributed by atoms with E-state index in [1.807, 2.05) is 0 Å². The van der Waals surface area contributed by atoms with Crippen LogP contribution in [0.4, 0.5) is 10.5 Å². The molecule has 0 radical (unpaired) electrons. The van der Waals surface area contributed by atoms with Crippen molar-refractivity contribution < 1.29 is 24.2 Å². The lowest BCUT2D eigenvalue weighted by Crippen LogP contribution is -2.44. The Morgan fingerprint density at radius 2 is 2.05 bits per heavy atom. The molecule has 22 heavy (non-hydrogen) atoms. The molecule has 1 aliphatic rings. The van der Waals surface area contributed by atoms with Gasteiger partial charge in [-0.2, -0.15) is 0 Å². The Morgan fingerprint density at radius 1 is 1.32 bits per heavy atom. The quantitative estimate of drug-likeness (QED) is 0.830. The van der Waals surface area contributed by atoms with Crippen molar-refractivity contribution in [2.75, 3.05) is 25.5 Å². The number of carboxylic acid groups (broad SMARTS) is 1. The van der Waals surface area contributed by atoms with Crippen LogP contribution in [0.15, 0.2) is 24.3 Å². The number of nitrogens with zero attached hydrogens (tertiary/aromatic N) is 1. The van der Waals surface area contributed by atoms with Crippen LogP contribution in [0.3, 0.4) is 0 Å². The van der Waals surface area contributed by atoms with Crippen LogP contribution in [-0.4, -0.2) is 48.2 Å². The van der Waals surface area contributed by atoms with E-state index in [1.165, 1.54) is 12.0 Å². The van der Waals surface area contributed by atoms with Crippen LogP contribution < -0.4 is 5.32 Å². The first kappa shape index (κ1) is 15.8. The average molecular weight is 306 g/mol. The van der Waals surface area contributed by atoms with E-state index in [0.717, 1.165) is 0 Å². The van der Waals surface area contributed by atoms with Crippen LogP contribution in [0, 0.1) is 5.92 Å². The maximum Gasteiger partial charge on any atom is 0.339 e. The van der Waals surface area contributed by atoms with Gasteiger partial charge in [-0.15, -0.1) is 0 Å². The molecule has 0 aromatic heterocycles. The monoisotopic (exact) mass is 306 g/mol. The number of aliphatic carboxylic acids is 1. The second-order valence-corrected chi connectivity index (χ2v) is 5.09. The number of ether oxygens (including phenoxy) is 1. The molecule has 1 aliphatic heterocycles. The van der Waals surface area contributed by atoms with E-state index < -0.39 is 23.9 Å². The van der Waals surface area contributed by atoms with E-state index in [1.54, 1.807) is 24.3 Å². The van der Waals surface area contributed by atoms with Crippen molar-refractivity contribution in [3.63, 3.8) is 0 Å². The number of likely N-dealkylation sites (tertiary alicyclic amines) is 1. The zero-order valence-electron chi connectivity index (χ0n) is 12.2. The van der Waals surface area contributed by atoms with Crippen LogP contribution in [0.25, 0.3) is 0 Å². The molecule has 1 unspecified atom stereocenters. The van der Waals surface area contributed by atoms with Gasteiger partial charge >= 0.3 is 18.0 Å². The summed E-state index contributed by atoms with van der Waals surface area (Å²) < 4.78 is 4.67. The fourth-order valence-electron chi connectivity index (χ4n) is 2.44. The van der Waals surface area contributed by atoms with E-state index in [2.05, 4.69) is 10.1 Å². The third-order valence-electron chi connectivity index (χ3n) is 3.63. The number of hydrogen-bond donors (Lipinski definition) is 2. The number of carbonyl (C=O) groups is 3. The first-order valence-corrected chi connectivity index (χ1v) is 6.99. The normalized spacial score (nSPS) is 17.7. The highest BCUT2D eigenvalue weighted by atomic mass is 16.5. The second kappa shape index (κ2) is 6.93. The van der Waals surface area contributed by atoms with E-state index in [4.69, 9.17) is 5.11 Å². The first-order valence-electron chi connectivity index (χ1n) is 6.99. The summed E-state index contributed by atoms with van der Waals surface area (Å²) in [7, 11) is 1.27. The minimum absolute atomic E-state index is 0.168. The van der Waals surface area contributed by atoms with Crippen molar-refractivity contribution in [2.24, 2.45) is 5.92 Å². The summed E-state index contributed by atoms with van der Waals surface area (Å²) in [5.74, 6) is -1.99. The minimum Gasteiger partial charge on any atom is -0.481 e. The lowest BCUT2D eigenvalue weighted by Gasteiger charge is -2.30. The number of anilines is 1. The molecule has 0 bridgehead atoms. The number of methoxy groups -OCH3 is 1. The third kappa shape index (κ3) is 3.55. The van der Waals surface area contributed by atoms with Gasteiger partial charge in [-0.3, -0.25) is 4.79 Å². The van der Waals surface area contributed by atoms with Gasteiger partial charge in [0.25, 0.3) is 0 Å². The van der Waals surface area contributed by atoms with E-state index in [9.17, 15) is 14.4 Å². The van der Waals surface area contributed by atoms with E-state index in [-0.39, 0.29) is 12.1 Å². The van der Waals surface area contributed by atoms with Crippen LogP contribution in [0.2, 0.25) is 0 Å². The summed E-state index contributed by atoms with van der Waals surface area (Å²) >= 11 is 0. The lowest BCUT2D eigenvalue weighted by atomic mass is 9.99. The largest absolute Gasteiger partial charge is 0.481 e. The topological polar surface area (TPSA) is 95.9 Å². The van der Waals surface area contributed by atoms with Crippen molar-refractivity contribution in [1.29, 1.82) is 0 Å². The molecule has 1 atom stereocenters. The number of piperidine rings is 1. The highest BCUT2D eigenvalue weighted by Crippen LogP contribution is 2.20. The smallest absolute Gasteiger partial charge is 0.339 e. The fraction of sp³-hybridized carbons (Fsp3) is 0.400. The van der Waals surface area contributed by atoms with Crippen molar-refractivity contribution in [1.82, 2.24) is 4.90 Å². The summed E-state index contributed by atoms with van der Waals surface area (Å²) in [6, 6.07) is 6.10. The Morgan fingerprint density at radius 3 is 2.73 bits per heavy atom. The number of amides is 2. The van der Waals surface area contributed by atoms with Gasteiger partial charge in [0.1, 0.15) is 0 Å². The number of benzene rings is 1. The van der Waals surface area contributed by atoms with Gasteiger partial charge in [0.05, 0.1) is 24.3 Å². The van der Waals surface area contributed by atoms with Crippen LogP contribution >= 0.6 is 0 Å². The molecular weight excluding hydrogens is 288 g/mol. The zero-order valence-corrected chi connectivity index (χ0v) is 12.2. The Hall–Kier alpha value is -2.57. The summed E-state index contributed by atoms with van der Waals surface area (Å²) in [5.41, 5.74) is 0.599. The number of rotatable bonds is 3. The van der Waals surface area contributed by atoms with Gasteiger partial charge in [-0.05, 0) is 25.0 Å². The molecule has 118 valence electrons. The van der Waals surface area contributed by atoms with Gasteiger partial charge in [0.15, 0.2) is 0 Å². The zero-order chi connectivity index (χ0) is 16.1. The summed E-state index contributed by atoms with van der Waals surface area (Å²) in [4.78, 5) is 36.4. The minimum atomic E-state index is -0.896. The molecule has 7 heteroatoms. The van der Waals surface area contributed by atoms with Crippen LogP contribution in [0.5, 0.6) is 0 Å². The number of para-hydroxylation sites is 1. The summed E-state index contributed by atoms with van der Waals surface area (Å²) in [6.07, 6.45) is 1.21. The van der Waals surface area contributed by atoms with Crippen molar-refractivity contribution in [3.05, 3.63) is 29.8 Å². The first-order chi connectivity index (χ1) is 10.5. The average Bonchev–Trinajstić information content (AvgIpc) is 2.54. The molecule has 1 aromatic carbocycles. The van der Waals surface area contributed by atoms with Crippen LogP contribution in [-0.2, 0) is 9.53 Å². The maximum absolute atomic E-state index is 12.3. The number of urea groups is 1. The van der Waals surface area contributed by atoms with Gasteiger partial charge in [-0.25, -0.2) is 9.59 Å². The highest BCUT2D eigenvalue weighted by Gasteiger charge is 2.28. The van der Waals surface area contributed by atoms with Crippen LogP contribution in [0.1, 0.15) is 23.2 Å². The lowest BCUT2D eigenvalue weighted by molar-refractivity contribution is -0.143. The van der Waals surface area contributed by atoms with Gasteiger partial charge < -0.3 is 20.1 Å². The SMILES string of the molecule is COC(=O)c1ccccc1NC(=O)N1CCCC(C(=O)O)C1.